The van der Waals surface area contributed by atoms with Crippen molar-refractivity contribution in [1.82, 2.24) is 14.7 Å². The van der Waals surface area contributed by atoms with E-state index in [0.29, 0.717) is 29.9 Å². The molecule has 4 rings (SSSR count). The molecule has 0 aliphatic carbocycles. The molecule has 0 saturated carbocycles. The third-order valence-corrected chi connectivity index (χ3v) is 5.25. The fraction of sp³-hybridized carbons (Fsp3) is 0.200. The largest absolute Gasteiger partial charge is 0.573 e. The highest BCUT2D eigenvalue weighted by Crippen LogP contribution is 2.23. The van der Waals surface area contributed by atoms with Crippen molar-refractivity contribution in [2.75, 3.05) is 0 Å². The fourth-order valence-electron chi connectivity index (χ4n) is 3.64. The van der Waals surface area contributed by atoms with Gasteiger partial charge in [-0.3, -0.25) is 9.20 Å². The Balaban J connectivity index is 1.38. The zero-order valence-electron chi connectivity index (χ0n) is 18.2. The monoisotopic (exact) mass is 471 g/mol. The quantitative estimate of drug-likeness (QED) is 0.365. The van der Waals surface area contributed by atoms with Crippen LogP contribution in [0, 0.1) is 5.82 Å². The summed E-state index contributed by atoms with van der Waals surface area (Å²) in [6.45, 7) is 2.15. The van der Waals surface area contributed by atoms with Crippen molar-refractivity contribution in [1.29, 1.82) is 0 Å². The van der Waals surface area contributed by atoms with Gasteiger partial charge in [-0.2, -0.15) is 0 Å². The highest BCUT2D eigenvalue weighted by atomic mass is 19.4. The SMILES string of the molecule is CCc1nc2ccc(F)cn2c1C(=O)NCc1ccc(Cc2ccc(OC(F)(F)F)cc2)cc1. The van der Waals surface area contributed by atoms with E-state index in [1.807, 2.05) is 31.2 Å². The molecule has 34 heavy (non-hydrogen) atoms. The van der Waals surface area contributed by atoms with Crippen LogP contribution in [-0.2, 0) is 19.4 Å². The molecule has 0 atom stereocenters. The van der Waals surface area contributed by atoms with Gasteiger partial charge in [-0.25, -0.2) is 9.37 Å². The van der Waals surface area contributed by atoms with Crippen LogP contribution >= 0.6 is 0 Å². The van der Waals surface area contributed by atoms with E-state index < -0.39 is 12.2 Å². The molecule has 4 aromatic rings. The van der Waals surface area contributed by atoms with E-state index in [2.05, 4.69) is 15.0 Å². The lowest BCUT2D eigenvalue weighted by atomic mass is 10.0. The molecule has 0 radical (unpaired) electrons. The van der Waals surface area contributed by atoms with E-state index in [1.165, 1.54) is 34.9 Å². The van der Waals surface area contributed by atoms with Crippen LogP contribution in [0.5, 0.6) is 5.75 Å². The first kappa shape index (κ1) is 23.3. The lowest BCUT2D eigenvalue weighted by Gasteiger charge is -2.10. The van der Waals surface area contributed by atoms with Crippen molar-refractivity contribution in [2.45, 2.75) is 32.7 Å². The average molecular weight is 471 g/mol. The number of rotatable bonds is 7. The summed E-state index contributed by atoms with van der Waals surface area (Å²) in [6.07, 6.45) is -2.41. The highest BCUT2D eigenvalue weighted by molar-refractivity contribution is 5.94. The van der Waals surface area contributed by atoms with Gasteiger partial charge in [0.2, 0.25) is 0 Å². The molecule has 0 aliphatic rings. The number of pyridine rings is 1. The van der Waals surface area contributed by atoms with Crippen molar-refractivity contribution in [3.63, 3.8) is 0 Å². The van der Waals surface area contributed by atoms with E-state index in [-0.39, 0.29) is 18.2 Å². The Morgan fingerprint density at radius 2 is 1.59 bits per heavy atom. The number of aromatic nitrogens is 2. The summed E-state index contributed by atoms with van der Waals surface area (Å²) in [6, 6.07) is 16.1. The van der Waals surface area contributed by atoms with Crippen molar-refractivity contribution >= 4 is 11.6 Å². The molecule has 9 heteroatoms. The Morgan fingerprint density at radius 3 is 2.21 bits per heavy atom. The molecule has 0 bridgehead atoms. The van der Waals surface area contributed by atoms with Crippen molar-refractivity contribution in [3.05, 3.63) is 101 Å². The number of amides is 1. The van der Waals surface area contributed by atoms with E-state index in [0.717, 1.165) is 16.7 Å². The van der Waals surface area contributed by atoms with Crippen LogP contribution in [-0.4, -0.2) is 21.7 Å². The van der Waals surface area contributed by atoms with Gasteiger partial charge in [0.05, 0.1) is 5.69 Å². The minimum Gasteiger partial charge on any atom is -0.406 e. The van der Waals surface area contributed by atoms with Crippen molar-refractivity contribution in [2.24, 2.45) is 0 Å². The Morgan fingerprint density at radius 1 is 0.971 bits per heavy atom. The molecule has 1 amide bonds. The molecule has 2 heterocycles. The summed E-state index contributed by atoms with van der Waals surface area (Å²) in [4.78, 5) is 17.2. The summed E-state index contributed by atoms with van der Waals surface area (Å²) >= 11 is 0. The topological polar surface area (TPSA) is 55.6 Å². The molecule has 0 aliphatic heterocycles. The van der Waals surface area contributed by atoms with Crippen LogP contribution in [0.1, 0.15) is 39.8 Å². The van der Waals surface area contributed by atoms with Gasteiger partial charge in [0.1, 0.15) is 22.9 Å². The van der Waals surface area contributed by atoms with Gasteiger partial charge in [0.25, 0.3) is 5.91 Å². The number of hydrogen-bond acceptors (Lipinski definition) is 3. The zero-order valence-corrected chi connectivity index (χ0v) is 18.2. The van der Waals surface area contributed by atoms with Gasteiger partial charge in [0.15, 0.2) is 0 Å². The summed E-state index contributed by atoms with van der Waals surface area (Å²) in [5.74, 6) is -1.07. The molecule has 1 N–H and O–H groups in total. The molecule has 5 nitrogen and oxygen atoms in total. The van der Waals surface area contributed by atoms with Gasteiger partial charge in [-0.1, -0.05) is 43.3 Å². The number of nitrogens with zero attached hydrogens (tertiary/aromatic N) is 2. The number of ether oxygens (including phenoxy) is 1. The Hall–Kier alpha value is -3.88. The van der Waals surface area contributed by atoms with Gasteiger partial charge in [-0.05, 0) is 53.8 Å². The molecular formula is C25H21F4N3O2. The predicted octanol–water partition coefficient (Wildman–Crippen LogP) is 5.46. The van der Waals surface area contributed by atoms with Crippen LogP contribution in [0.25, 0.3) is 5.65 Å². The zero-order chi connectivity index (χ0) is 24.3. The number of alkyl halides is 3. The molecule has 0 saturated heterocycles. The number of carbonyl (C=O) groups is 1. The summed E-state index contributed by atoms with van der Waals surface area (Å²) in [5, 5.41) is 2.85. The van der Waals surface area contributed by atoms with Crippen LogP contribution in [0.2, 0.25) is 0 Å². The van der Waals surface area contributed by atoms with Crippen LogP contribution in [0.15, 0.2) is 66.9 Å². The fourth-order valence-corrected chi connectivity index (χ4v) is 3.64. The molecule has 0 spiro atoms. The number of aryl methyl sites for hydroxylation is 1. The standard InChI is InChI=1S/C25H21F4N3O2/c1-2-21-23(32-15-19(26)9-12-22(32)31-21)24(33)30-14-18-5-3-16(4-6-18)13-17-7-10-20(11-8-17)34-25(27,28)29/h3-12,15H,2,13-14H2,1H3,(H,30,33). The Bertz CT molecular complexity index is 1300. The summed E-state index contributed by atoms with van der Waals surface area (Å²) in [5.41, 5.74) is 4.07. The van der Waals surface area contributed by atoms with E-state index in [1.54, 1.807) is 12.1 Å². The smallest absolute Gasteiger partial charge is 0.406 e. The van der Waals surface area contributed by atoms with Crippen LogP contribution in [0.4, 0.5) is 17.6 Å². The third-order valence-electron chi connectivity index (χ3n) is 5.25. The number of imidazole rings is 1. The van der Waals surface area contributed by atoms with Crippen LogP contribution < -0.4 is 10.1 Å². The summed E-state index contributed by atoms with van der Waals surface area (Å²) in [7, 11) is 0. The van der Waals surface area contributed by atoms with E-state index in [4.69, 9.17) is 0 Å². The minimum absolute atomic E-state index is 0.262. The number of nitrogens with one attached hydrogen (secondary N) is 1. The Kier molecular flexibility index (Phi) is 6.54. The van der Waals surface area contributed by atoms with Crippen LogP contribution in [0.3, 0.4) is 0 Å². The normalized spacial score (nSPS) is 11.6. The molecular weight excluding hydrogens is 450 g/mol. The summed E-state index contributed by atoms with van der Waals surface area (Å²) < 4.78 is 55.9. The van der Waals surface area contributed by atoms with Gasteiger partial charge >= 0.3 is 6.36 Å². The van der Waals surface area contributed by atoms with E-state index >= 15 is 0 Å². The maximum atomic E-state index is 13.7. The number of benzene rings is 2. The van der Waals surface area contributed by atoms with Gasteiger partial charge in [0, 0.05) is 12.7 Å². The van der Waals surface area contributed by atoms with E-state index in [9.17, 15) is 22.4 Å². The number of carbonyl (C=O) groups excluding carboxylic acids is 1. The average Bonchev–Trinajstić information content (AvgIpc) is 3.16. The molecule has 2 aromatic carbocycles. The first-order valence-electron chi connectivity index (χ1n) is 10.6. The second-order valence-corrected chi connectivity index (χ2v) is 7.70. The molecule has 176 valence electrons. The minimum atomic E-state index is -4.72. The Labute approximate surface area is 193 Å². The van der Waals surface area contributed by atoms with Gasteiger partial charge < -0.3 is 10.1 Å². The molecule has 0 fully saturated rings. The van der Waals surface area contributed by atoms with Gasteiger partial charge in [-0.15, -0.1) is 13.2 Å². The second-order valence-electron chi connectivity index (χ2n) is 7.70. The maximum absolute atomic E-state index is 13.7. The van der Waals surface area contributed by atoms with Crippen molar-refractivity contribution < 1.29 is 27.1 Å². The first-order valence-corrected chi connectivity index (χ1v) is 10.6. The number of hydrogen-bond donors (Lipinski definition) is 1. The lowest BCUT2D eigenvalue weighted by molar-refractivity contribution is -0.274. The molecule has 2 aromatic heterocycles. The predicted molar refractivity (Wildman–Crippen MR) is 118 cm³/mol. The van der Waals surface area contributed by atoms with Crippen molar-refractivity contribution in [3.8, 4) is 5.75 Å². The lowest BCUT2D eigenvalue weighted by Crippen LogP contribution is -2.25. The number of fused-ring (bicyclic) bond motifs is 1. The first-order chi connectivity index (χ1) is 16.2. The highest BCUT2D eigenvalue weighted by Gasteiger charge is 2.30. The second kappa shape index (κ2) is 9.54. The maximum Gasteiger partial charge on any atom is 0.573 e. The third kappa shape index (κ3) is 5.54. The number of halogens is 4. The molecule has 0 unspecified atom stereocenters.